The quantitative estimate of drug-likeness (QED) is 0.684. The first kappa shape index (κ1) is 12.8. The van der Waals surface area contributed by atoms with Crippen molar-refractivity contribution in [1.29, 1.82) is 0 Å². The zero-order valence-electron chi connectivity index (χ0n) is 10.2. The summed E-state index contributed by atoms with van der Waals surface area (Å²) in [5, 5.41) is 5.53. The van der Waals surface area contributed by atoms with Gasteiger partial charge in [-0.25, -0.2) is 4.98 Å². The van der Waals surface area contributed by atoms with E-state index in [1.165, 1.54) is 5.56 Å². The first-order valence-corrected chi connectivity index (χ1v) is 6.29. The molecule has 1 amide bonds. The normalized spacial score (nSPS) is 12.9. The lowest BCUT2D eigenvalue weighted by Crippen LogP contribution is -2.27. The second-order valence-electron chi connectivity index (χ2n) is 4.23. The molecule has 1 aliphatic rings. The van der Waals surface area contributed by atoms with Crippen LogP contribution in [0.2, 0.25) is 0 Å². The number of likely N-dealkylation sites (N-methyl/N-ethyl adjacent to an activating group) is 1. The number of rotatable bonds is 4. The van der Waals surface area contributed by atoms with E-state index in [0.717, 1.165) is 30.5 Å². The highest BCUT2D eigenvalue weighted by molar-refractivity contribution is 7.80. The van der Waals surface area contributed by atoms with Crippen LogP contribution in [0.4, 0.5) is 5.82 Å². The van der Waals surface area contributed by atoms with Crippen LogP contribution in [0.1, 0.15) is 23.2 Å². The molecule has 0 saturated carbocycles. The largest absolute Gasteiger partial charge is 0.389 e. The molecule has 1 aliphatic carbocycles. The molecular weight excluding hydrogens is 248 g/mol. The Morgan fingerprint density at radius 1 is 1.56 bits per heavy atom. The van der Waals surface area contributed by atoms with Gasteiger partial charge in [-0.3, -0.25) is 4.79 Å². The summed E-state index contributed by atoms with van der Waals surface area (Å²) in [6.45, 7) is 0.165. The van der Waals surface area contributed by atoms with Gasteiger partial charge < -0.3 is 16.4 Å². The van der Waals surface area contributed by atoms with Gasteiger partial charge in [0, 0.05) is 12.7 Å². The molecule has 1 heterocycles. The fourth-order valence-electron chi connectivity index (χ4n) is 2.05. The minimum atomic E-state index is -0.105. The monoisotopic (exact) mass is 264 g/mol. The number of amides is 1. The Hall–Kier alpha value is -1.69. The Morgan fingerprint density at radius 3 is 3.00 bits per heavy atom. The van der Waals surface area contributed by atoms with Crippen molar-refractivity contribution in [3.8, 4) is 0 Å². The van der Waals surface area contributed by atoms with E-state index >= 15 is 0 Å². The van der Waals surface area contributed by atoms with Crippen molar-refractivity contribution in [3.05, 3.63) is 22.9 Å². The fraction of sp³-hybridized carbons (Fsp3) is 0.417. The number of thiocarbonyl (C=S) groups is 1. The van der Waals surface area contributed by atoms with Crippen LogP contribution >= 0.6 is 12.2 Å². The van der Waals surface area contributed by atoms with E-state index in [4.69, 9.17) is 18.0 Å². The van der Waals surface area contributed by atoms with Gasteiger partial charge >= 0.3 is 0 Å². The van der Waals surface area contributed by atoms with E-state index in [2.05, 4.69) is 15.6 Å². The van der Waals surface area contributed by atoms with Gasteiger partial charge in [-0.1, -0.05) is 12.2 Å². The van der Waals surface area contributed by atoms with Gasteiger partial charge in [0.2, 0.25) is 5.91 Å². The first-order valence-electron chi connectivity index (χ1n) is 5.89. The predicted octanol–water partition coefficient (Wildman–Crippen LogP) is 0.362. The molecule has 4 N–H and O–H groups in total. The third kappa shape index (κ3) is 2.59. The van der Waals surface area contributed by atoms with Gasteiger partial charge in [-0.15, -0.1) is 0 Å². The van der Waals surface area contributed by atoms with E-state index in [0.29, 0.717) is 10.8 Å². The number of nitrogens with two attached hydrogens (primary N) is 1. The molecule has 1 aromatic heterocycles. The molecule has 0 bridgehead atoms. The predicted molar refractivity (Wildman–Crippen MR) is 74.7 cm³/mol. The lowest BCUT2D eigenvalue weighted by Gasteiger charge is -2.12. The molecule has 96 valence electrons. The maximum Gasteiger partial charge on any atom is 0.239 e. The van der Waals surface area contributed by atoms with Crippen LogP contribution in [0.3, 0.4) is 0 Å². The highest BCUT2D eigenvalue weighted by Gasteiger charge is 2.17. The number of carbonyl (C=O) groups is 1. The molecule has 0 radical (unpaired) electrons. The number of hydrogen-bond donors (Lipinski definition) is 3. The summed E-state index contributed by atoms with van der Waals surface area (Å²) in [7, 11) is 1.59. The van der Waals surface area contributed by atoms with Gasteiger partial charge in [0.1, 0.15) is 10.8 Å². The number of pyridine rings is 1. The number of nitrogens with one attached hydrogen (secondary N) is 2. The Morgan fingerprint density at radius 2 is 2.33 bits per heavy atom. The molecule has 0 atom stereocenters. The van der Waals surface area contributed by atoms with Crippen molar-refractivity contribution in [3.63, 3.8) is 0 Å². The second-order valence-corrected chi connectivity index (χ2v) is 4.67. The lowest BCUT2D eigenvalue weighted by molar-refractivity contribution is -0.118. The van der Waals surface area contributed by atoms with Gasteiger partial charge in [0.05, 0.1) is 12.1 Å². The first-order chi connectivity index (χ1) is 8.61. The van der Waals surface area contributed by atoms with Crippen LogP contribution in [0.25, 0.3) is 0 Å². The minimum absolute atomic E-state index is 0.105. The van der Waals surface area contributed by atoms with Crippen molar-refractivity contribution < 1.29 is 4.79 Å². The number of aryl methyl sites for hydroxylation is 2. The molecule has 0 saturated heterocycles. The fourth-order valence-corrected chi connectivity index (χ4v) is 2.20. The van der Waals surface area contributed by atoms with Crippen LogP contribution in [0, 0.1) is 0 Å². The Bertz CT molecular complexity index is 501. The molecule has 0 aliphatic heterocycles. The number of carbonyl (C=O) groups excluding carboxylic acids is 1. The number of aromatic nitrogens is 1. The molecule has 0 unspecified atom stereocenters. The average molecular weight is 264 g/mol. The SMILES string of the molecule is CNC(=O)CNc1nc2c(cc1C(N)=S)CCC2. The van der Waals surface area contributed by atoms with Gasteiger partial charge in [0.25, 0.3) is 0 Å². The third-order valence-electron chi connectivity index (χ3n) is 3.01. The molecular formula is C12H16N4OS. The average Bonchev–Trinajstić information content (AvgIpc) is 2.81. The lowest BCUT2D eigenvalue weighted by atomic mass is 10.1. The Balaban J connectivity index is 2.27. The Kier molecular flexibility index (Phi) is 3.76. The van der Waals surface area contributed by atoms with Crippen molar-refractivity contribution in [1.82, 2.24) is 10.3 Å². The summed E-state index contributed by atoms with van der Waals surface area (Å²) in [6, 6.07) is 1.99. The van der Waals surface area contributed by atoms with Crippen LogP contribution in [0.5, 0.6) is 0 Å². The topological polar surface area (TPSA) is 80.0 Å². The van der Waals surface area contributed by atoms with Crippen LogP contribution in [0.15, 0.2) is 6.07 Å². The van der Waals surface area contributed by atoms with Crippen molar-refractivity contribution in [2.24, 2.45) is 5.73 Å². The molecule has 0 fully saturated rings. The summed E-state index contributed by atoms with van der Waals surface area (Å²) in [4.78, 5) is 16.1. The maximum absolute atomic E-state index is 11.2. The number of nitrogens with zero attached hydrogens (tertiary/aromatic N) is 1. The second kappa shape index (κ2) is 5.30. The number of anilines is 1. The molecule has 5 nitrogen and oxygen atoms in total. The Labute approximate surface area is 111 Å². The van der Waals surface area contributed by atoms with Crippen molar-refractivity contribution in [2.75, 3.05) is 18.9 Å². The highest BCUT2D eigenvalue weighted by Crippen LogP contribution is 2.25. The van der Waals surface area contributed by atoms with E-state index in [1.807, 2.05) is 6.07 Å². The smallest absolute Gasteiger partial charge is 0.239 e. The zero-order valence-corrected chi connectivity index (χ0v) is 11.1. The van der Waals surface area contributed by atoms with Gasteiger partial charge in [-0.2, -0.15) is 0 Å². The molecule has 6 heteroatoms. The van der Waals surface area contributed by atoms with Crippen LogP contribution < -0.4 is 16.4 Å². The molecule has 18 heavy (non-hydrogen) atoms. The third-order valence-corrected chi connectivity index (χ3v) is 3.23. The standard InChI is InChI=1S/C12H16N4OS/c1-14-10(17)6-15-12-8(11(13)18)5-7-3-2-4-9(7)16-12/h5H,2-4,6H2,1H3,(H2,13,18)(H,14,17)(H,15,16). The molecule has 0 aromatic carbocycles. The van der Waals surface area contributed by atoms with E-state index in [-0.39, 0.29) is 12.5 Å². The number of hydrogen-bond acceptors (Lipinski definition) is 4. The zero-order chi connectivity index (χ0) is 13.1. The van der Waals surface area contributed by atoms with E-state index in [1.54, 1.807) is 7.05 Å². The van der Waals surface area contributed by atoms with Gasteiger partial charge in [-0.05, 0) is 30.9 Å². The highest BCUT2D eigenvalue weighted by atomic mass is 32.1. The molecule has 1 aromatic rings. The summed E-state index contributed by atoms with van der Waals surface area (Å²) >= 11 is 5.03. The summed E-state index contributed by atoms with van der Waals surface area (Å²) in [5.74, 6) is 0.498. The van der Waals surface area contributed by atoms with Crippen LogP contribution in [-0.2, 0) is 17.6 Å². The van der Waals surface area contributed by atoms with Crippen molar-refractivity contribution in [2.45, 2.75) is 19.3 Å². The molecule has 2 rings (SSSR count). The van der Waals surface area contributed by atoms with Crippen molar-refractivity contribution >= 4 is 28.9 Å². The van der Waals surface area contributed by atoms with Crippen LogP contribution in [-0.4, -0.2) is 29.5 Å². The summed E-state index contributed by atoms with van der Waals surface area (Å²) in [6.07, 6.45) is 3.10. The van der Waals surface area contributed by atoms with E-state index < -0.39 is 0 Å². The molecule has 0 spiro atoms. The minimum Gasteiger partial charge on any atom is -0.389 e. The van der Waals surface area contributed by atoms with Gasteiger partial charge in [0.15, 0.2) is 0 Å². The number of fused-ring (bicyclic) bond motifs is 1. The summed E-state index contributed by atoms with van der Waals surface area (Å²) in [5.41, 5.74) is 8.71. The maximum atomic E-state index is 11.2. The van der Waals surface area contributed by atoms with E-state index in [9.17, 15) is 4.79 Å². The summed E-state index contributed by atoms with van der Waals surface area (Å²) < 4.78 is 0.